The third-order valence-corrected chi connectivity index (χ3v) is 3.43. The molecule has 0 aromatic carbocycles. The van der Waals surface area contributed by atoms with Crippen LogP contribution in [0.4, 0.5) is 13.2 Å². The van der Waals surface area contributed by atoms with E-state index in [2.05, 4.69) is 29.5 Å². The molecule has 0 fully saturated rings. The van der Waals surface area contributed by atoms with Gasteiger partial charge in [0.25, 0.3) is 0 Å². The van der Waals surface area contributed by atoms with Gasteiger partial charge in [-0.15, -0.1) is 24.0 Å². The third-order valence-electron chi connectivity index (χ3n) is 3.43. The molecule has 0 heterocycles. The number of rotatable bonds is 11. The van der Waals surface area contributed by atoms with Gasteiger partial charge in [0.05, 0.1) is 6.54 Å². The molecule has 9 heteroatoms. The van der Waals surface area contributed by atoms with Gasteiger partial charge in [0.1, 0.15) is 0 Å². The summed E-state index contributed by atoms with van der Waals surface area (Å²) in [5.41, 5.74) is 0. The van der Waals surface area contributed by atoms with Crippen LogP contribution in [0.15, 0.2) is 4.99 Å². The maximum Gasteiger partial charge on any atom is 0.401 e. The van der Waals surface area contributed by atoms with Crippen LogP contribution in [0.2, 0.25) is 0 Å². The van der Waals surface area contributed by atoms with Crippen molar-refractivity contribution in [2.75, 3.05) is 46.4 Å². The van der Waals surface area contributed by atoms with Crippen molar-refractivity contribution < 1.29 is 18.3 Å². The molecular formula is C16H34F3IN4O. The summed E-state index contributed by atoms with van der Waals surface area (Å²) in [5, 5.41) is 15.3. The highest BCUT2D eigenvalue weighted by Crippen LogP contribution is 2.16. The molecule has 0 aliphatic rings. The number of hydrogen-bond donors (Lipinski definition) is 3. The van der Waals surface area contributed by atoms with Gasteiger partial charge in [0.15, 0.2) is 5.96 Å². The van der Waals surface area contributed by atoms with Crippen molar-refractivity contribution in [3.05, 3.63) is 0 Å². The first-order chi connectivity index (χ1) is 11.2. The number of likely N-dealkylation sites (N-methyl/N-ethyl adjacent to an activating group) is 1. The lowest BCUT2D eigenvalue weighted by molar-refractivity contribution is -0.142. The molecule has 1 atom stereocenters. The highest BCUT2D eigenvalue weighted by molar-refractivity contribution is 14.0. The summed E-state index contributed by atoms with van der Waals surface area (Å²) in [6.07, 6.45) is -2.49. The van der Waals surface area contributed by atoms with Crippen LogP contribution in [0.1, 0.15) is 33.6 Å². The Kier molecular flexibility index (Phi) is 16.0. The highest BCUT2D eigenvalue weighted by Gasteiger charge is 2.28. The number of hydrogen-bond acceptors (Lipinski definition) is 3. The van der Waals surface area contributed by atoms with Gasteiger partial charge in [-0.25, -0.2) is 0 Å². The molecule has 0 amide bonds. The average Bonchev–Trinajstić information content (AvgIpc) is 2.42. The SMILES string of the molecule is CCNC(=NCC(CCO)CC(C)C)NCCN(C)CC(F)(F)F.I. The van der Waals surface area contributed by atoms with E-state index in [1.807, 2.05) is 6.92 Å². The molecule has 0 bridgehead atoms. The van der Waals surface area contributed by atoms with Gasteiger partial charge in [-0.2, -0.15) is 13.2 Å². The normalized spacial score (nSPS) is 13.8. The van der Waals surface area contributed by atoms with Gasteiger partial charge in [-0.05, 0) is 38.6 Å². The highest BCUT2D eigenvalue weighted by atomic mass is 127. The van der Waals surface area contributed by atoms with E-state index >= 15 is 0 Å². The second-order valence-electron chi connectivity index (χ2n) is 6.51. The smallest absolute Gasteiger partial charge is 0.396 e. The van der Waals surface area contributed by atoms with E-state index in [0.29, 0.717) is 43.9 Å². The summed E-state index contributed by atoms with van der Waals surface area (Å²) < 4.78 is 36.8. The number of nitrogens with one attached hydrogen (secondary N) is 2. The van der Waals surface area contributed by atoms with Crippen molar-refractivity contribution in [1.82, 2.24) is 15.5 Å². The summed E-state index contributed by atoms with van der Waals surface area (Å²) in [7, 11) is 1.44. The fourth-order valence-corrected chi connectivity index (χ4v) is 2.45. The van der Waals surface area contributed by atoms with Crippen LogP contribution < -0.4 is 10.6 Å². The van der Waals surface area contributed by atoms with Crippen LogP contribution in [0.5, 0.6) is 0 Å². The lowest BCUT2D eigenvalue weighted by Gasteiger charge is -2.20. The van der Waals surface area contributed by atoms with Crippen LogP contribution in [-0.2, 0) is 0 Å². The predicted molar refractivity (Wildman–Crippen MR) is 108 cm³/mol. The number of aliphatic hydroxyl groups excluding tert-OH is 1. The van der Waals surface area contributed by atoms with Gasteiger partial charge in [0.2, 0.25) is 0 Å². The van der Waals surface area contributed by atoms with E-state index in [-0.39, 0.29) is 37.1 Å². The molecule has 0 aliphatic heterocycles. The maximum absolute atomic E-state index is 12.3. The molecule has 152 valence electrons. The zero-order valence-corrected chi connectivity index (χ0v) is 18.0. The number of aliphatic hydroxyl groups is 1. The molecule has 0 saturated heterocycles. The van der Waals surface area contributed by atoms with Crippen molar-refractivity contribution in [3.63, 3.8) is 0 Å². The molecule has 5 nitrogen and oxygen atoms in total. The molecule has 0 aromatic rings. The number of aliphatic imine (C=N–C) groups is 1. The zero-order valence-electron chi connectivity index (χ0n) is 15.7. The summed E-state index contributed by atoms with van der Waals surface area (Å²) >= 11 is 0. The summed E-state index contributed by atoms with van der Waals surface area (Å²) in [6.45, 7) is 7.34. The van der Waals surface area contributed by atoms with Crippen LogP contribution in [0.25, 0.3) is 0 Å². The number of alkyl halides is 3. The molecule has 0 aromatic heterocycles. The predicted octanol–water partition coefficient (Wildman–Crippen LogP) is 2.70. The summed E-state index contributed by atoms with van der Waals surface area (Å²) in [6, 6.07) is 0. The first-order valence-electron chi connectivity index (χ1n) is 8.56. The Morgan fingerprint density at radius 3 is 2.36 bits per heavy atom. The minimum atomic E-state index is -4.18. The molecule has 0 saturated carbocycles. The Morgan fingerprint density at radius 2 is 1.88 bits per heavy atom. The van der Waals surface area contributed by atoms with Crippen molar-refractivity contribution in [1.29, 1.82) is 0 Å². The fourth-order valence-electron chi connectivity index (χ4n) is 2.45. The minimum absolute atomic E-state index is 0. The van der Waals surface area contributed by atoms with Gasteiger partial charge >= 0.3 is 6.18 Å². The Bertz CT molecular complexity index is 355. The van der Waals surface area contributed by atoms with Crippen LogP contribution in [-0.4, -0.2) is 68.5 Å². The fraction of sp³-hybridized carbons (Fsp3) is 0.938. The second kappa shape index (κ2) is 14.8. The van der Waals surface area contributed by atoms with Gasteiger partial charge in [0, 0.05) is 32.8 Å². The number of halogens is 4. The molecular weight excluding hydrogens is 448 g/mol. The maximum atomic E-state index is 12.3. The molecule has 1 unspecified atom stereocenters. The lowest BCUT2D eigenvalue weighted by Crippen LogP contribution is -2.42. The van der Waals surface area contributed by atoms with Gasteiger partial charge < -0.3 is 15.7 Å². The largest absolute Gasteiger partial charge is 0.401 e. The molecule has 0 spiro atoms. The molecule has 0 radical (unpaired) electrons. The summed E-state index contributed by atoms with van der Waals surface area (Å²) in [4.78, 5) is 5.73. The Morgan fingerprint density at radius 1 is 1.24 bits per heavy atom. The van der Waals surface area contributed by atoms with E-state index in [9.17, 15) is 13.2 Å². The number of guanidine groups is 1. The monoisotopic (exact) mass is 482 g/mol. The minimum Gasteiger partial charge on any atom is -0.396 e. The molecule has 3 N–H and O–H groups in total. The first kappa shape index (κ1) is 26.9. The quantitative estimate of drug-likeness (QED) is 0.241. The average molecular weight is 482 g/mol. The zero-order chi connectivity index (χ0) is 18.6. The third kappa shape index (κ3) is 16.9. The second-order valence-corrected chi connectivity index (χ2v) is 6.51. The van der Waals surface area contributed by atoms with Gasteiger partial charge in [-0.1, -0.05) is 13.8 Å². The van der Waals surface area contributed by atoms with Crippen LogP contribution in [0.3, 0.4) is 0 Å². The Hall–Kier alpha value is -0.290. The van der Waals surface area contributed by atoms with E-state index in [1.54, 1.807) is 0 Å². The summed E-state index contributed by atoms with van der Waals surface area (Å²) in [5.74, 6) is 1.44. The van der Waals surface area contributed by atoms with Crippen molar-refractivity contribution >= 4 is 29.9 Å². The standard InChI is InChI=1S/C16H33F3N4O.HI/c1-5-20-15(21-7-8-23(4)12-16(17,18)19)22-11-14(6-9-24)10-13(2)3;/h13-14,24H,5-12H2,1-4H3,(H2,20,21,22);1H. The molecule has 0 aliphatic carbocycles. The van der Waals surface area contributed by atoms with Crippen molar-refractivity contribution in [2.24, 2.45) is 16.8 Å². The topological polar surface area (TPSA) is 59.9 Å². The van der Waals surface area contributed by atoms with Crippen LogP contribution in [0, 0.1) is 11.8 Å². The van der Waals surface area contributed by atoms with E-state index < -0.39 is 12.7 Å². The van der Waals surface area contributed by atoms with E-state index in [1.165, 1.54) is 11.9 Å². The number of nitrogens with zero attached hydrogens (tertiary/aromatic N) is 2. The van der Waals surface area contributed by atoms with E-state index in [0.717, 1.165) is 6.42 Å². The Balaban J connectivity index is 0. The molecule has 25 heavy (non-hydrogen) atoms. The lowest BCUT2D eigenvalue weighted by atomic mass is 9.94. The van der Waals surface area contributed by atoms with Crippen molar-refractivity contribution in [3.8, 4) is 0 Å². The van der Waals surface area contributed by atoms with Crippen molar-refractivity contribution in [2.45, 2.75) is 39.8 Å². The van der Waals surface area contributed by atoms with Gasteiger partial charge in [-0.3, -0.25) is 9.89 Å². The van der Waals surface area contributed by atoms with Crippen LogP contribution >= 0.6 is 24.0 Å². The Labute approximate surface area is 166 Å². The van der Waals surface area contributed by atoms with E-state index in [4.69, 9.17) is 5.11 Å². The first-order valence-corrected chi connectivity index (χ1v) is 8.56. The molecule has 0 rings (SSSR count).